The van der Waals surface area contributed by atoms with Crippen molar-refractivity contribution < 1.29 is 0 Å². The van der Waals surface area contributed by atoms with Gasteiger partial charge in [-0.05, 0) is 165 Å². The average Bonchev–Trinajstić information content (AvgIpc) is 2.93. The maximum absolute atomic E-state index is 3.96. The first-order valence-corrected chi connectivity index (χ1v) is 17.1. The predicted octanol–water partition coefficient (Wildman–Crippen LogP) is 8.90. The van der Waals surface area contributed by atoms with Crippen molar-refractivity contribution in [3.63, 3.8) is 0 Å². The molecule has 1 nitrogen and oxygen atoms in total. The number of rotatable bonds is 5. The van der Waals surface area contributed by atoms with E-state index in [0.717, 1.165) is 35.5 Å². The van der Waals surface area contributed by atoms with Crippen LogP contribution in [0.15, 0.2) is 48.5 Å². The molecule has 1 N–H and O–H groups in total. The molecule has 1 unspecified atom stereocenters. The lowest BCUT2D eigenvalue weighted by atomic mass is 9.48. The summed E-state index contributed by atoms with van der Waals surface area (Å²) in [4.78, 5) is 0. The molecule has 0 radical (unpaired) electrons. The fourth-order valence-corrected chi connectivity index (χ4v) is 12.8. The summed E-state index contributed by atoms with van der Waals surface area (Å²) in [5.74, 6) is 6.57. The van der Waals surface area contributed by atoms with E-state index in [4.69, 9.17) is 0 Å². The highest BCUT2D eigenvalue weighted by Gasteiger charge is 2.52. The molecule has 1 aliphatic heterocycles. The number of hydrogen-bond acceptors (Lipinski definition) is 1. The van der Waals surface area contributed by atoms with Gasteiger partial charge < -0.3 is 5.32 Å². The number of piperidine rings is 1. The maximum Gasteiger partial charge on any atom is 0.0243 e. The van der Waals surface area contributed by atoms with Crippen molar-refractivity contribution in [3.05, 3.63) is 70.8 Å². The summed E-state index contributed by atoms with van der Waals surface area (Å²) < 4.78 is 0. The first-order valence-electron chi connectivity index (χ1n) is 17.1. The van der Waals surface area contributed by atoms with Crippen molar-refractivity contribution in [2.45, 2.75) is 119 Å². The van der Waals surface area contributed by atoms with Crippen LogP contribution in [0.2, 0.25) is 0 Å². The standard InChI is InChI=1S/C38H49N/c1-2-12-39-35(3-1)36(31-4-8-33(9-5-31)37-19-25-13-26(20-37)15-27(14-25)21-37)32-6-10-34(11-7-32)38-22-28-16-29(23-38)18-30(17-28)24-38/h4-11,25-30,35-36,39H,1-3,12-24H2. The van der Waals surface area contributed by atoms with Crippen LogP contribution in [-0.4, -0.2) is 12.6 Å². The van der Waals surface area contributed by atoms with Crippen molar-refractivity contribution in [1.82, 2.24) is 5.32 Å². The second kappa shape index (κ2) is 8.95. The molecule has 8 saturated carbocycles. The zero-order valence-corrected chi connectivity index (χ0v) is 24.1. The van der Waals surface area contributed by atoms with Crippen LogP contribution in [0.5, 0.6) is 0 Å². The van der Waals surface area contributed by atoms with E-state index in [1.54, 1.807) is 22.3 Å². The van der Waals surface area contributed by atoms with E-state index in [2.05, 4.69) is 53.8 Å². The van der Waals surface area contributed by atoms with Gasteiger partial charge in [-0.3, -0.25) is 0 Å². The van der Waals surface area contributed by atoms with E-state index >= 15 is 0 Å². The second-order valence-electron chi connectivity index (χ2n) is 16.2. The summed E-state index contributed by atoms with van der Waals surface area (Å²) >= 11 is 0. The summed E-state index contributed by atoms with van der Waals surface area (Å²) in [5, 5.41) is 3.96. The van der Waals surface area contributed by atoms with E-state index in [-0.39, 0.29) is 0 Å². The number of benzene rings is 2. The molecule has 2 aromatic rings. The van der Waals surface area contributed by atoms with Crippen molar-refractivity contribution >= 4 is 0 Å². The van der Waals surface area contributed by atoms with Crippen molar-refractivity contribution in [3.8, 4) is 0 Å². The van der Waals surface area contributed by atoms with E-state index in [9.17, 15) is 0 Å². The first-order chi connectivity index (χ1) is 19.1. The summed E-state index contributed by atoms with van der Waals surface area (Å²) in [7, 11) is 0. The van der Waals surface area contributed by atoms with Gasteiger partial charge in [0.15, 0.2) is 0 Å². The predicted molar refractivity (Wildman–Crippen MR) is 160 cm³/mol. The molecule has 1 heterocycles. The van der Waals surface area contributed by atoms with E-state index in [0.29, 0.717) is 22.8 Å². The Bertz CT molecular complexity index is 1040. The summed E-state index contributed by atoms with van der Waals surface area (Å²) in [6, 6.07) is 21.1. The van der Waals surface area contributed by atoms with Gasteiger partial charge in [0.05, 0.1) is 0 Å². The first kappa shape index (κ1) is 24.0. The summed E-state index contributed by atoms with van der Waals surface area (Å²) in [6.45, 7) is 1.18. The highest BCUT2D eigenvalue weighted by molar-refractivity contribution is 5.41. The zero-order chi connectivity index (χ0) is 25.6. The van der Waals surface area contributed by atoms with Crippen LogP contribution in [0.3, 0.4) is 0 Å². The Balaban J connectivity index is 1.02. The minimum atomic E-state index is 0.473. The van der Waals surface area contributed by atoms with Crippen LogP contribution < -0.4 is 5.32 Å². The normalized spacial score (nSPS) is 44.6. The molecule has 0 spiro atoms. The summed E-state index contributed by atoms with van der Waals surface area (Å²) in [6.07, 6.45) is 22.0. The molecule has 9 aliphatic rings. The molecule has 9 fully saturated rings. The van der Waals surface area contributed by atoms with Gasteiger partial charge >= 0.3 is 0 Å². The van der Waals surface area contributed by atoms with Crippen LogP contribution in [-0.2, 0) is 10.8 Å². The molecular formula is C38H49N. The van der Waals surface area contributed by atoms with Gasteiger partial charge in [-0.15, -0.1) is 0 Å². The van der Waals surface area contributed by atoms with Crippen molar-refractivity contribution in [2.75, 3.05) is 6.54 Å². The quantitative estimate of drug-likeness (QED) is 0.416. The maximum atomic E-state index is 3.96. The van der Waals surface area contributed by atoms with Crippen molar-refractivity contribution in [2.24, 2.45) is 35.5 Å². The van der Waals surface area contributed by atoms with Gasteiger partial charge in [0, 0.05) is 12.0 Å². The third-order valence-corrected chi connectivity index (χ3v) is 13.6. The van der Waals surface area contributed by atoms with Crippen LogP contribution in [0.1, 0.15) is 124 Å². The van der Waals surface area contributed by atoms with Gasteiger partial charge in [-0.25, -0.2) is 0 Å². The topological polar surface area (TPSA) is 12.0 Å². The summed E-state index contributed by atoms with van der Waals surface area (Å²) in [5.41, 5.74) is 7.46. The molecule has 8 aliphatic carbocycles. The zero-order valence-electron chi connectivity index (χ0n) is 24.1. The molecule has 2 aromatic carbocycles. The Hall–Kier alpha value is -1.60. The fourth-order valence-electron chi connectivity index (χ4n) is 12.8. The van der Waals surface area contributed by atoms with Gasteiger partial charge in [-0.2, -0.15) is 0 Å². The Morgan fingerprint density at radius 2 is 0.897 bits per heavy atom. The Morgan fingerprint density at radius 3 is 1.23 bits per heavy atom. The van der Waals surface area contributed by atoms with Gasteiger partial charge in [-0.1, -0.05) is 55.0 Å². The minimum absolute atomic E-state index is 0.473. The van der Waals surface area contributed by atoms with E-state index in [1.165, 1.54) is 103 Å². The van der Waals surface area contributed by atoms with Gasteiger partial charge in [0.2, 0.25) is 0 Å². The highest BCUT2D eigenvalue weighted by atomic mass is 14.9. The fraction of sp³-hybridized carbons (Fsp3) is 0.684. The molecule has 206 valence electrons. The molecule has 8 bridgehead atoms. The van der Waals surface area contributed by atoms with E-state index < -0.39 is 0 Å². The van der Waals surface area contributed by atoms with Gasteiger partial charge in [0.25, 0.3) is 0 Å². The van der Waals surface area contributed by atoms with E-state index in [1.807, 2.05) is 0 Å². The lowest BCUT2D eigenvalue weighted by Crippen LogP contribution is -2.48. The van der Waals surface area contributed by atoms with Crippen LogP contribution in [0.4, 0.5) is 0 Å². The number of hydrogen-bond donors (Lipinski definition) is 1. The molecule has 1 saturated heterocycles. The molecule has 39 heavy (non-hydrogen) atoms. The van der Waals surface area contributed by atoms with Crippen LogP contribution in [0.25, 0.3) is 0 Å². The average molecular weight is 520 g/mol. The van der Waals surface area contributed by atoms with Gasteiger partial charge in [0.1, 0.15) is 0 Å². The molecular weight excluding hydrogens is 470 g/mol. The third-order valence-electron chi connectivity index (χ3n) is 13.6. The molecule has 0 amide bonds. The molecule has 1 heteroatoms. The van der Waals surface area contributed by atoms with Crippen LogP contribution >= 0.6 is 0 Å². The molecule has 0 aromatic heterocycles. The lowest BCUT2D eigenvalue weighted by molar-refractivity contribution is -0.00530. The molecule has 1 atom stereocenters. The smallest absolute Gasteiger partial charge is 0.0243 e. The van der Waals surface area contributed by atoms with Crippen molar-refractivity contribution in [1.29, 1.82) is 0 Å². The lowest BCUT2D eigenvalue weighted by Gasteiger charge is -2.57. The Kier molecular flexibility index (Phi) is 5.52. The largest absolute Gasteiger partial charge is 0.313 e. The number of nitrogens with one attached hydrogen (secondary N) is 1. The van der Waals surface area contributed by atoms with Crippen LogP contribution in [0, 0.1) is 35.5 Å². The highest BCUT2D eigenvalue weighted by Crippen LogP contribution is 2.62. The Morgan fingerprint density at radius 1 is 0.513 bits per heavy atom. The monoisotopic (exact) mass is 519 g/mol. The third kappa shape index (κ3) is 3.95. The molecule has 11 rings (SSSR count). The second-order valence-corrected chi connectivity index (χ2v) is 16.2. The SMILES string of the molecule is c1cc(C23CC4CC(CC(C4)C2)C3)ccc1C(c1ccc(C23CC4CC(CC(C4)C2)C3)cc1)C1CCCCN1. The minimum Gasteiger partial charge on any atom is -0.313 e. The Labute approximate surface area is 236 Å².